The number of rotatable bonds is 3. The number of carbonyl (C=O) groups is 1. The first-order valence-electron chi connectivity index (χ1n) is 5.83. The van der Waals surface area contributed by atoms with Crippen molar-refractivity contribution in [2.75, 3.05) is 0 Å². The third-order valence-electron chi connectivity index (χ3n) is 3.50. The van der Waals surface area contributed by atoms with E-state index in [1.165, 1.54) is 10.4 Å². The van der Waals surface area contributed by atoms with Gasteiger partial charge in [0, 0.05) is 9.75 Å². The van der Waals surface area contributed by atoms with Gasteiger partial charge in [-0.05, 0) is 44.7 Å². The highest BCUT2D eigenvalue weighted by Gasteiger charge is 2.44. The topological polar surface area (TPSA) is 52.9 Å². The van der Waals surface area contributed by atoms with Crippen LogP contribution in [0.25, 0.3) is 0 Å². The average molecular weight is 248 g/mol. The summed E-state index contributed by atoms with van der Waals surface area (Å²) in [6, 6.07) is 4.26. The van der Waals surface area contributed by atoms with Gasteiger partial charge in [-0.1, -0.05) is 0 Å². The molecule has 0 spiro atoms. The molecule has 1 saturated carbocycles. The van der Waals surface area contributed by atoms with Crippen molar-refractivity contribution in [1.82, 2.24) is 5.32 Å². The van der Waals surface area contributed by atoms with Gasteiger partial charge in [0.05, 0.1) is 12.6 Å². The standard InChI is InChI=1S/C13H16N2OS/c1-9-6-11(17-10(9)2)7-15-12(16)13(8-14)4-3-5-13/h6H,3-5,7H2,1-2H3,(H,15,16). The molecule has 1 aromatic heterocycles. The van der Waals surface area contributed by atoms with Crippen molar-refractivity contribution < 1.29 is 4.79 Å². The van der Waals surface area contributed by atoms with E-state index >= 15 is 0 Å². The number of hydrogen-bond donors (Lipinski definition) is 1. The van der Waals surface area contributed by atoms with E-state index in [1.54, 1.807) is 11.3 Å². The fourth-order valence-electron chi connectivity index (χ4n) is 1.99. The van der Waals surface area contributed by atoms with Gasteiger partial charge in [-0.2, -0.15) is 5.26 Å². The first-order chi connectivity index (χ1) is 8.07. The molecule has 0 bridgehead atoms. The molecule has 1 aliphatic carbocycles. The molecule has 0 unspecified atom stereocenters. The van der Waals surface area contributed by atoms with Gasteiger partial charge in [0.2, 0.25) is 5.91 Å². The number of hydrogen-bond acceptors (Lipinski definition) is 3. The Morgan fingerprint density at radius 2 is 2.29 bits per heavy atom. The number of thiophene rings is 1. The smallest absolute Gasteiger partial charge is 0.240 e. The lowest BCUT2D eigenvalue weighted by molar-refractivity contribution is -0.131. The Kier molecular flexibility index (Phi) is 3.21. The summed E-state index contributed by atoms with van der Waals surface area (Å²) in [5.41, 5.74) is 0.527. The molecular formula is C13H16N2OS. The fourth-order valence-corrected chi connectivity index (χ4v) is 2.99. The lowest BCUT2D eigenvalue weighted by atomic mass is 9.69. The van der Waals surface area contributed by atoms with Crippen molar-refractivity contribution in [2.24, 2.45) is 5.41 Å². The van der Waals surface area contributed by atoms with Crippen LogP contribution in [0.3, 0.4) is 0 Å². The maximum Gasteiger partial charge on any atom is 0.240 e. The molecule has 4 heteroatoms. The number of nitrogens with one attached hydrogen (secondary N) is 1. The van der Waals surface area contributed by atoms with Crippen LogP contribution in [-0.2, 0) is 11.3 Å². The molecule has 1 aromatic rings. The number of amides is 1. The molecule has 90 valence electrons. The van der Waals surface area contributed by atoms with Crippen LogP contribution in [0.5, 0.6) is 0 Å². The van der Waals surface area contributed by atoms with E-state index in [-0.39, 0.29) is 5.91 Å². The molecular weight excluding hydrogens is 232 g/mol. The Hall–Kier alpha value is -1.34. The first kappa shape index (κ1) is 12.1. The lowest BCUT2D eigenvalue weighted by Gasteiger charge is -2.33. The van der Waals surface area contributed by atoms with Gasteiger partial charge in [0.15, 0.2) is 0 Å². The molecule has 3 nitrogen and oxygen atoms in total. The Morgan fingerprint density at radius 1 is 1.59 bits per heavy atom. The fraction of sp³-hybridized carbons (Fsp3) is 0.538. The number of carbonyl (C=O) groups excluding carboxylic acids is 1. The largest absolute Gasteiger partial charge is 0.350 e. The monoisotopic (exact) mass is 248 g/mol. The molecule has 0 saturated heterocycles. The summed E-state index contributed by atoms with van der Waals surface area (Å²) < 4.78 is 0. The summed E-state index contributed by atoms with van der Waals surface area (Å²) >= 11 is 1.70. The second-order valence-electron chi connectivity index (χ2n) is 4.68. The van der Waals surface area contributed by atoms with Crippen molar-refractivity contribution in [2.45, 2.75) is 39.7 Å². The van der Waals surface area contributed by atoms with Crippen LogP contribution in [0.2, 0.25) is 0 Å². The minimum Gasteiger partial charge on any atom is -0.350 e. The van der Waals surface area contributed by atoms with Crippen LogP contribution in [0.4, 0.5) is 0 Å². The van der Waals surface area contributed by atoms with Gasteiger partial charge in [-0.25, -0.2) is 0 Å². The van der Waals surface area contributed by atoms with E-state index in [4.69, 9.17) is 5.26 Å². The normalized spacial score (nSPS) is 17.0. The molecule has 0 radical (unpaired) electrons. The second-order valence-corrected chi connectivity index (χ2v) is 6.02. The zero-order chi connectivity index (χ0) is 12.5. The average Bonchev–Trinajstić information content (AvgIpc) is 2.55. The highest BCUT2D eigenvalue weighted by Crippen LogP contribution is 2.40. The summed E-state index contributed by atoms with van der Waals surface area (Å²) in [6.45, 7) is 4.69. The van der Waals surface area contributed by atoms with Crippen LogP contribution in [0.15, 0.2) is 6.07 Å². The van der Waals surface area contributed by atoms with Gasteiger partial charge < -0.3 is 5.32 Å². The predicted octanol–water partition coefficient (Wildman–Crippen LogP) is 2.68. The van der Waals surface area contributed by atoms with Crippen LogP contribution in [-0.4, -0.2) is 5.91 Å². The highest BCUT2D eigenvalue weighted by atomic mass is 32.1. The highest BCUT2D eigenvalue weighted by molar-refractivity contribution is 7.12. The Morgan fingerprint density at radius 3 is 2.71 bits per heavy atom. The number of nitrogens with zero attached hydrogens (tertiary/aromatic N) is 1. The first-order valence-corrected chi connectivity index (χ1v) is 6.64. The van der Waals surface area contributed by atoms with Crippen molar-refractivity contribution >= 4 is 17.2 Å². The lowest BCUT2D eigenvalue weighted by Crippen LogP contribution is -2.44. The molecule has 0 aliphatic heterocycles. The van der Waals surface area contributed by atoms with Crippen LogP contribution >= 0.6 is 11.3 Å². The van der Waals surface area contributed by atoms with E-state index < -0.39 is 5.41 Å². The zero-order valence-electron chi connectivity index (χ0n) is 10.2. The molecule has 0 atom stereocenters. The van der Waals surface area contributed by atoms with Gasteiger partial charge in [-0.15, -0.1) is 11.3 Å². The summed E-state index contributed by atoms with van der Waals surface area (Å²) in [5.74, 6) is -0.102. The van der Waals surface area contributed by atoms with Crippen LogP contribution in [0.1, 0.15) is 34.6 Å². The zero-order valence-corrected chi connectivity index (χ0v) is 11.0. The quantitative estimate of drug-likeness (QED) is 0.894. The second kappa shape index (κ2) is 4.50. The van der Waals surface area contributed by atoms with Crippen LogP contribution in [0, 0.1) is 30.6 Å². The van der Waals surface area contributed by atoms with E-state index in [9.17, 15) is 4.79 Å². The van der Waals surface area contributed by atoms with Crippen LogP contribution < -0.4 is 5.32 Å². The summed E-state index contributed by atoms with van der Waals surface area (Å²) in [7, 11) is 0. The van der Waals surface area contributed by atoms with E-state index in [2.05, 4.69) is 31.3 Å². The van der Waals surface area contributed by atoms with Crippen molar-refractivity contribution in [3.8, 4) is 6.07 Å². The molecule has 0 aromatic carbocycles. The SMILES string of the molecule is Cc1cc(CNC(=O)C2(C#N)CCC2)sc1C. The Balaban J connectivity index is 1.95. The van der Waals surface area contributed by atoms with E-state index in [1.807, 2.05) is 0 Å². The Labute approximate surface area is 105 Å². The minimum absolute atomic E-state index is 0.102. The van der Waals surface area contributed by atoms with Gasteiger partial charge in [-0.3, -0.25) is 4.79 Å². The maximum atomic E-state index is 11.9. The molecule has 1 fully saturated rings. The third-order valence-corrected chi connectivity index (χ3v) is 4.65. The molecule has 1 heterocycles. The summed E-state index contributed by atoms with van der Waals surface area (Å²) in [6.07, 6.45) is 2.40. The van der Waals surface area contributed by atoms with E-state index in [0.29, 0.717) is 19.4 Å². The summed E-state index contributed by atoms with van der Waals surface area (Å²) in [4.78, 5) is 14.4. The van der Waals surface area contributed by atoms with Crippen molar-refractivity contribution in [3.05, 3.63) is 21.4 Å². The maximum absolute atomic E-state index is 11.9. The van der Waals surface area contributed by atoms with Crippen molar-refractivity contribution in [3.63, 3.8) is 0 Å². The number of nitriles is 1. The Bertz CT molecular complexity index is 461. The van der Waals surface area contributed by atoms with Gasteiger partial charge in [0.25, 0.3) is 0 Å². The minimum atomic E-state index is -0.735. The van der Waals surface area contributed by atoms with Gasteiger partial charge in [0.1, 0.15) is 5.41 Å². The van der Waals surface area contributed by atoms with E-state index in [0.717, 1.165) is 11.3 Å². The molecule has 1 aliphatic rings. The summed E-state index contributed by atoms with van der Waals surface area (Å²) in [5, 5.41) is 11.9. The predicted molar refractivity (Wildman–Crippen MR) is 67.5 cm³/mol. The molecule has 1 N–H and O–H groups in total. The molecule has 1 amide bonds. The number of aryl methyl sites for hydroxylation is 2. The van der Waals surface area contributed by atoms with Crippen molar-refractivity contribution in [1.29, 1.82) is 5.26 Å². The van der Waals surface area contributed by atoms with Gasteiger partial charge >= 0.3 is 0 Å². The molecule has 2 rings (SSSR count). The third kappa shape index (κ3) is 2.20. The molecule has 17 heavy (non-hydrogen) atoms.